The molecule has 0 spiro atoms. The first-order chi connectivity index (χ1) is 17.0. The molecule has 5 rings (SSSR count). The summed E-state index contributed by atoms with van der Waals surface area (Å²) in [4.78, 5) is 29.5. The fourth-order valence-corrected chi connectivity index (χ4v) is 4.90. The van der Waals surface area contributed by atoms with Gasteiger partial charge in [-0.1, -0.05) is 24.3 Å². The number of methoxy groups -OCH3 is 1. The van der Waals surface area contributed by atoms with Gasteiger partial charge in [-0.05, 0) is 35.7 Å². The van der Waals surface area contributed by atoms with Crippen LogP contribution in [-0.2, 0) is 0 Å². The van der Waals surface area contributed by atoms with E-state index < -0.39 is 4.92 Å². The molecule has 1 fully saturated rings. The van der Waals surface area contributed by atoms with Crippen molar-refractivity contribution in [2.75, 3.05) is 38.2 Å². The molecule has 35 heavy (non-hydrogen) atoms. The Balaban J connectivity index is 1.44. The fraction of sp³-hybridized carbons (Fsp3) is 0.200. The molecule has 0 radical (unpaired) electrons. The van der Waals surface area contributed by atoms with Gasteiger partial charge in [-0.25, -0.2) is 4.68 Å². The third-order valence-electron chi connectivity index (χ3n) is 5.98. The van der Waals surface area contributed by atoms with Crippen LogP contribution in [0.15, 0.2) is 72.1 Å². The minimum atomic E-state index is -0.453. The molecule has 178 valence electrons. The standard InChI is InChI=1S/C25H23N5O4S/c1-34-23-9-3-2-8-21(23)27-11-13-28(14-12-27)25(31)22-17-20(24-10-5-15-35-24)26-29(22)18-6-4-7-19(16-18)30(32)33/h2-10,15-17H,11-14H2,1H3. The highest BCUT2D eigenvalue weighted by Gasteiger charge is 2.27. The summed E-state index contributed by atoms with van der Waals surface area (Å²) in [5.74, 6) is 0.642. The highest BCUT2D eigenvalue weighted by atomic mass is 32.1. The summed E-state index contributed by atoms with van der Waals surface area (Å²) in [5, 5.41) is 17.9. The average Bonchev–Trinajstić information content (AvgIpc) is 3.59. The van der Waals surface area contributed by atoms with Gasteiger partial charge in [0, 0.05) is 38.3 Å². The van der Waals surface area contributed by atoms with Gasteiger partial charge in [0.1, 0.15) is 17.1 Å². The molecule has 0 unspecified atom stereocenters. The van der Waals surface area contributed by atoms with Gasteiger partial charge in [-0.3, -0.25) is 14.9 Å². The number of nitrogens with zero attached hydrogens (tertiary/aromatic N) is 5. The maximum absolute atomic E-state index is 13.7. The number of benzene rings is 2. The van der Waals surface area contributed by atoms with Gasteiger partial charge in [0.25, 0.3) is 11.6 Å². The summed E-state index contributed by atoms with van der Waals surface area (Å²) in [6.07, 6.45) is 0. The van der Waals surface area contributed by atoms with Gasteiger partial charge in [-0.15, -0.1) is 11.3 Å². The van der Waals surface area contributed by atoms with Crippen molar-refractivity contribution in [3.8, 4) is 22.0 Å². The summed E-state index contributed by atoms with van der Waals surface area (Å²) in [5.41, 5.74) is 2.45. The predicted molar refractivity (Wildman–Crippen MR) is 135 cm³/mol. The van der Waals surface area contributed by atoms with Crippen LogP contribution >= 0.6 is 11.3 Å². The molecule has 0 saturated carbocycles. The number of nitro groups is 1. The second-order valence-corrected chi connectivity index (χ2v) is 8.98. The lowest BCUT2D eigenvalue weighted by Crippen LogP contribution is -2.49. The van der Waals surface area contributed by atoms with Crippen molar-refractivity contribution < 1.29 is 14.5 Å². The maximum atomic E-state index is 13.7. The number of carbonyl (C=O) groups is 1. The summed E-state index contributed by atoms with van der Waals surface area (Å²) < 4.78 is 7.00. The van der Waals surface area contributed by atoms with E-state index in [2.05, 4.69) is 10.00 Å². The van der Waals surface area contributed by atoms with E-state index in [0.29, 0.717) is 43.3 Å². The molecule has 4 aromatic rings. The van der Waals surface area contributed by atoms with Crippen LogP contribution in [0.2, 0.25) is 0 Å². The molecular weight excluding hydrogens is 466 g/mol. The van der Waals surface area contributed by atoms with Gasteiger partial charge in [0.15, 0.2) is 0 Å². The second-order valence-electron chi connectivity index (χ2n) is 8.03. The molecule has 0 N–H and O–H groups in total. The number of hydrogen-bond donors (Lipinski definition) is 0. The molecule has 1 aliphatic rings. The Morgan fingerprint density at radius 2 is 1.83 bits per heavy atom. The number of nitro benzene ring substituents is 1. The van der Waals surface area contributed by atoms with Crippen LogP contribution in [0.1, 0.15) is 10.5 Å². The Morgan fingerprint density at radius 1 is 1.03 bits per heavy atom. The lowest BCUT2D eigenvalue weighted by molar-refractivity contribution is -0.384. The van der Waals surface area contributed by atoms with E-state index in [-0.39, 0.29) is 11.6 Å². The van der Waals surface area contributed by atoms with Crippen molar-refractivity contribution in [2.45, 2.75) is 0 Å². The molecule has 3 heterocycles. The second kappa shape index (κ2) is 9.59. The van der Waals surface area contributed by atoms with Crippen LogP contribution in [0.5, 0.6) is 5.75 Å². The van der Waals surface area contributed by atoms with Crippen LogP contribution < -0.4 is 9.64 Å². The molecule has 2 aromatic carbocycles. The molecule has 10 heteroatoms. The van der Waals surface area contributed by atoms with Crippen molar-refractivity contribution in [3.05, 3.63) is 87.9 Å². The van der Waals surface area contributed by atoms with Crippen LogP contribution in [0.25, 0.3) is 16.3 Å². The Kier molecular flexibility index (Phi) is 6.19. The van der Waals surface area contributed by atoms with E-state index in [1.807, 2.05) is 41.8 Å². The lowest BCUT2D eigenvalue weighted by atomic mass is 10.2. The average molecular weight is 490 g/mol. The van der Waals surface area contributed by atoms with Crippen molar-refractivity contribution in [3.63, 3.8) is 0 Å². The van der Waals surface area contributed by atoms with E-state index in [4.69, 9.17) is 4.74 Å². The fourth-order valence-electron chi connectivity index (χ4n) is 4.22. The summed E-state index contributed by atoms with van der Waals surface area (Å²) in [7, 11) is 1.65. The maximum Gasteiger partial charge on any atom is 0.272 e. The number of aromatic nitrogens is 2. The van der Waals surface area contributed by atoms with Crippen LogP contribution in [0.4, 0.5) is 11.4 Å². The van der Waals surface area contributed by atoms with Crippen molar-refractivity contribution in [2.24, 2.45) is 0 Å². The molecule has 1 saturated heterocycles. The van der Waals surface area contributed by atoms with Gasteiger partial charge in [0.05, 0.1) is 28.3 Å². The van der Waals surface area contributed by atoms with Crippen LogP contribution in [0, 0.1) is 10.1 Å². The minimum Gasteiger partial charge on any atom is -0.495 e. The largest absolute Gasteiger partial charge is 0.495 e. The third-order valence-corrected chi connectivity index (χ3v) is 6.87. The van der Waals surface area contributed by atoms with Crippen molar-refractivity contribution in [1.29, 1.82) is 0 Å². The normalized spacial score (nSPS) is 13.6. The summed E-state index contributed by atoms with van der Waals surface area (Å²) in [6.45, 7) is 2.39. The number of rotatable bonds is 6. The third kappa shape index (κ3) is 4.47. The number of anilines is 1. The number of hydrogen-bond acceptors (Lipinski definition) is 7. The van der Waals surface area contributed by atoms with Crippen molar-refractivity contribution >= 4 is 28.6 Å². The SMILES string of the molecule is COc1ccccc1N1CCN(C(=O)c2cc(-c3cccs3)nn2-c2cccc([N+](=O)[O-])c2)CC1. The number of ether oxygens (including phenoxy) is 1. The first-order valence-corrected chi connectivity index (χ1v) is 12.0. The van der Waals surface area contributed by atoms with Gasteiger partial charge in [0.2, 0.25) is 0 Å². The Morgan fingerprint density at radius 3 is 2.54 bits per heavy atom. The Bertz CT molecular complexity index is 1360. The van der Waals surface area contributed by atoms with E-state index in [1.165, 1.54) is 28.2 Å². The number of amides is 1. The molecule has 9 nitrogen and oxygen atoms in total. The predicted octanol–water partition coefficient (Wildman–Crippen LogP) is 4.48. The highest BCUT2D eigenvalue weighted by Crippen LogP contribution is 2.30. The van der Waals surface area contributed by atoms with Gasteiger partial charge < -0.3 is 14.5 Å². The summed E-state index contributed by atoms with van der Waals surface area (Å²) in [6, 6.07) is 19.6. The van der Waals surface area contributed by atoms with E-state index in [9.17, 15) is 14.9 Å². The van der Waals surface area contributed by atoms with E-state index in [1.54, 1.807) is 30.2 Å². The van der Waals surface area contributed by atoms with Crippen LogP contribution in [-0.4, -0.2) is 58.8 Å². The Labute approximate surface area is 205 Å². The quantitative estimate of drug-likeness (QED) is 0.293. The summed E-state index contributed by atoms with van der Waals surface area (Å²) >= 11 is 1.52. The van der Waals surface area contributed by atoms with Gasteiger partial charge in [-0.2, -0.15) is 5.10 Å². The van der Waals surface area contributed by atoms with Gasteiger partial charge >= 0.3 is 0 Å². The minimum absolute atomic E-state index is 0.0560. The molecule has 0 bridgehead atoms. The van der Waals surface area contributed by atoms with Crippen LogP contribution in [0.3, 0.4) is 0 Å². The molecular formula is C25H23N5O4S. The number of piperazine rings is 1. The zero-order valence-corrected chi connectivity index (χ0v) is 19.9. The monoisotopic (exact) mass is 489 g/mol. The van der Waals surface area contributed by atoms with Crippen molar-refractivity contribution in [1.82, 2.24) is 14.7 Å². The number of thiophene rings is 1. The highest BCUT2D eigenvalue weighted by molar-refractivity contribution is 7.13. The number of non-ortho nitro benzene ring substituents is 1. The lowest BCUT2D eigenvalue weighted by Gasteiger charge is -2.36. The topological polar surface area (TPSA) is 93.7 Å². The van der Waals surface area contributed by atoms with E-state index in [0.717, 1.165) is 16.3 Å². The smallest absolute Gasteiger partial charge is 0.272 e. The molecule has 0 aliphatic carbocycles. The zero-order chi connectivity index (χ0) is 24.4. The molecule has 1 amide bonds. The molecule has 2 aromatic heterocycles. The zero-order valence-electron chi connectivity index (χ0n) is 19.0. The number of para-hydroxylation sites is 2. The first kappa shape index (κ1) is 22.6. The first-order valence-electron chi connectivity index (χ1n) is 11.1. The Hall–Kier alpha value is -4.18. The number of carbonyl (C=O) groups excluding carboxylic acids is 1. The molecule has 1 aliphatic heterocycles. The molecule has 0 atom stereocenters. The van der Waals surface area contributed by atoms with E-state index >= 15 is 0 Å².